The number of rotatable bonds is 9. The third kappa shape index (κ3) is 6.30. The maximum absolute atomic E-state index is 14.0. The van der Waals surface area contributed by atoms with Gasteiger partial charge in [0.15, 0.2) is 0 Å². The van der Waals surface area contributed by atoms with Gasteiger partial charge in [0.2, 0.25) is 15.9 Å². The highest BCUT2D eigenvalue weighted by atomic mass is 32.2. The molecule has 3 aliphatic rings. The summed E-state index contributed by atoms with van der Waals surface area (Å²) < 4.78 is 82.6. The van der Waals surface area contributed by atoms with Crippen molar-refractivity contribution in [1.29, 1.82) is 5.26 Å². The van der Waals surface area contributed by atoms with Crippen LogP contribution in [0.3, 0.4) is 0 Å². The molecule has 1 unspecified atom stereocenters. The van der Waals surface area contributed by atoms with E-state index < -0.39 is 51.3 Å². The van der Waals surface area contributed by atoms with Gasteiger partial charge in [-0.15, -0.1) is 0 Å². The van der Waals surface area contributed by atoms with Crippen LogP contribution in [0, 0.1) is 17.1 Å². The third-order valence-corrected chi connectivity index (χ3v) is 8.56. The number of benzene rings is 1. The Morgan fingerprint density at radius 2 is 1.74 bits per heavy atom. The van der Waals surface area contributed by atoms with Crippen LogP contribution in [0.4, 0.5) is 17.6 Å². The number of alkyl halides is 3. The molecule has 2 N–H and O–H groups in total. The molecule has 35 heavy (non-hydrogen) atoms. The molecule has 1 aromatic rings. The first-order valence-corrected chi connectivity index (χ1v) is 13.1. The van der Waals surface area contributed by atoms with Gasteiger partial charge in [0.1, 0.15) is 23.4 Å². The largest absolute Gasteiger partial charge is 0.407 e. The molecule has 1 saturated heterocycles. The molecule has 0 spiro atoms. The molecule has 2 aliphatic carbocycles. The second kappa shape index (κ2) is 9.65. The molecule has 3 fully saturated rings. The summed E-state index contributed by atoms with van der Waals surface area (Å²) in [5, 5.41) is 13.8. The molecule has 1 aliphatic heterocycles. The molecule has 0 bridgehead atoms. The van der Waals surface area contributed by atoms with Gasteiger partial charge in [-0.2, -0.15) is 22.7 Å². The van der Waals surface area contributed by atoms with E-state index in [2.05, 4.69) is 15.5 Å². The van der Waals surface area contributed by atoms with Crippen molar-refractivity contribution in [2.45, 2.75) is 55.5 Å². The van der Waals surface area contributed by atoms with Crippen molar-refractivity contribution in [3.63, 3.8) is 0 Å². The van der Waals surface area contributed by atoms with Gasteiger partial charge < -0.3 is 5.32 Å². The molecule has 1 aromatic carbocycles. The van der Waals surface area contributed by atoms with Gasteiger partial charge in [-0.3, -0.25) is 15.0 Å². The monoisotopic (exact) mass is 517 g/mol. The van der Waals surface area contributed by atoms with Gasteiger partial charge in [-0.05, 0) is 43.4 Å². The number of nitrogens with zero attached hydrogens (tertiary/aromatic N) is 3. The first-order chi connectivity index (χ1) is 16.4. The Kier molecular flexibility index (Phi) is 7.11. The lowest BCUT2D eigenvalue weighted by Gasteiger charge is -2.35. The normalized spacial score (nSPS) is 22.7. The zero-order valence-electron chi connectivity index (χ0n) is 18.9. The summed E-state index contributed by atoms with van der Waals surface area (Å²) in [6, 6.07) is 1.75. The molecule has 0 aromatic heterocycles. The molecule has 192 valence electrons. The number of sulfonamides is 1. The number of carbonyl (C=O) groups excluding carboxylic acids is 1. The smallest absolute Gasteiger partial charge is 0.336 e. The van der Waals surface area contributed by atoms with E-state index in [4.69, 9.17) is 0 Å². The Labute approximate surface area is 201 Å². The lowest BCUT2D eigenvalue weighted by molar-refractivity contribution is -0.160. The average molecular weight is 518 g/mol. The quantitative estimate of drug-likeness (QED) is 0.483. The second-order valence-corrected chi connectivity index (χ2v) is 11.4. The number of nitrogens with one attached hydrogen (secondary N) is 2. The van der Waals surface area contributed by atoms with E-state index in [1.807, 2.05) is 6.07 Å². The van der Waals surface area contributed by atoms with Gasteiger partial charge in [0.05, 0.1) is 11.8 Å². The first-order valence-electron chi connectivity index (χ1n) is 11.5. The van der Waals surface area contributed by atoms with Crippen molar-refractivity contribution in [3.8, 4) is 6.07 Å². The van der Waals surface area contributed by atoms with Gasteiger partial charge in [-0.25, -0.2) is 12.8 Å². The van der Waals surface area contributed by atoms with Crippen LogP contribution in [-0.2, 0) is 14.8 Å². The van der Waals surface area contributed by atoms with Crippen LogP contribution in [0.1, 0.15) is 37.3 Å². The van der Waals surface area contributed by atoms with Crippen LogP contribution < -0.4 is 10.6 Å². The van der Waals surface area contributed by atoms with E-state index >= 15 is 0 Å². The molecule has 8 nitrogen and oxygen atoms in total. The van der Waals surface area contributed by atoms with Gasteiger partial charge in [-0.1, -0.05) is 12.1 Å². The SMILES string of the molecule is N#CC1(NC(=O)C(CS(=O)(=O)N2CCN(C3CC3)CC2)N[C@H](c2ccc(F)cc2)C(F)(F)F)CC1. The minimum Gasteiger partial charge on any atom is -0.336 e. The lowest BCUT2D eigenvalue weighted by atomic mass is 10.0. The van der Waals surface area contributed by atoms with Gasteiger partial charge in [0, 0.05) is 32.2 Å². The number of piperazine rings is 1. The molecule has 2 atom stereocenters. The number of carbonyl (C=O) groups is 1. The number of amides is 1. The van der Waals surface area contributed by atoms with Gasteiger partial charge >= 0.3 is 6.18 Å². The van der Waals surface area contributed by atoms with Crippen LogP contribution in [0.5, 0.6) is 0 Å². The highest BCUT2D eigenvalue weighted by Crippen LogP contribution is 2.36. The zero-order chi connectivity index (χ0) is 25.4. The second-order valence-electron chi connectivity index (χ2n) is 9.37. The molecule has 13 heteroatoms. The summed E-state index contributed by atoms with van der Waals surface area (Å²) in [6.45, 7) is 1.42. The number of halogens is 4. The topological polar surface area (TPSA) is 106 Å². The molecular weight excluding hydrogens is 490 g/mol. The maximum atomic E-state index is 14.0. The van der Waals surface area contributed by atoms with Crippen LogP contribution in [0.25, 0.3) is 0 Å². The van der Waals surface area contributed by atoms with Crippen LogP contribution in [0.15, 0.2) is 24.3 Å². The number of hydrogen-bond acceptors (Lipinski definition) is 6. The van der Waals surface area contributed by atoms with E-state index in [1.54, 1.807) is 0 Å². The maximum Gasteiger partial charge on any atom is 0.407 e. The Morgan fingerprint density at radius 1 is 1.14 bits per heavy atom. The minimum atomic E-state index is -4.90. The van der Waals surface area contributed by atoms with Gasteiger partial charge in [0.25, 0.3) is 0 Å². The van der Waals surface area contributed by atoms with E-state index in [9.17, 15) is 36.0 Å². The third-order valence-electron chi connectivity index (χ3n) is 6.65. The molecule has 1 amide bonds. The van der Waals surface area contributed by atoms with Crippen LogP contribution >= 0.6 is 0 Å². The minimum absolute atomic E-state index is 0.190. The number of nitriles is 1. The summed E-state index contributed by atoms with van der Waals surface area (Å²) in [5.74, 6) is -2.64. The molecule has 4 rings (SSSR count). The molecular formula is C22H27F4N5O3S. The van der Waals surface area contributed by atoms with Crippen molar-refractivity contribution < 1.29 is 30.8 Å². The Morgan fingerprint density at radius 3 is 2.23 bits per heavy atom. The van der Waals surface area contributed by atoms with Crippen molar-refractivity contribution in [1.82, 2.24) is 19.8 Å². The fourth-order valence-corrected chi connectivity index (χ4v) is 5.85. The summed E-state index contributed by atoms with van der Waals surface area (Å²) in [4.78, 5) is 15.2. The van der Waals surface area contributed by atoms with E-state index in [0.717, 1.165) is 37.1 Å². The van der Waals surface area contributed by atoms with Crippen molar-refractivity contribution >= 4 is 15.9 Å². The average Bonchev–Trinajstić information content (AvgIpc) is 3.72. The first kappa shape index (κ1) is 25.8. The lowest BCUT2D eigenvalue weighted by Crippen LogP contribution is -2.57. The van der Waals surface area contributed by atoms with E-state index in [-0.39, 0.29) is 18.7 Å². The standard InChI is InChI=1S/C22H27F4N5O3S/c23-16-3-1-15(2-4-16)19(22(24,25)26)28-18(20(32)29-21(14-27)7-8-21)13-35(33,34)31-11-9-30(10-12-31)17-5-6-17/h1-4,17-19,28H,5-13H2,(H,29,32)/t18?,19-/m1/s1. The Bertz CT molecular complexity index is 1070. The Balaban J connectivity index is 1.54. The fourth-order valence-electron chi connectivity index (χ4n) is 4.25. The van der Waals surface area contributed by atoms with E-state index in [1.165, 1.54) is 4.31 Å². The van der Waals surface area contributed by atoms with Crippen molar-refractivity contribution in [2.75, 3.05) is 31.9 Å². The van der Waals surface area contributed by atoms with E-state index in [0.29, 0.717) is 32.0 Å². The van der Waals surface area contributed by atoms with Crippen molar-refractivity contribution in [3.05, 3.63) is 35.6 Å². The van der Waals surface area contributed by atoms with Crippen LogP contribution in [-0.4, -0.2) is 79.3 Å². The highest BCUT2D eigenvalue weighted by molar-refractivity contribution is 7.89. The fraction of sp³-hybridized carbons (Fsp3) is 0.636. The predicted octanol–water partition coefficient (Wildman–Crippen LogP) is 1.67. The Hall–Kier alpha value is -2.27. The molecule has 0 radical (unpaired) electrons. The molecule has 1 heterocycles. The molecule has 2 saturated carbocycles. The van der Waals surface area contributed by atoms with Crippen molar-refractivity contribution in [2.24, 2.45) is 0 Å². The summed E-state index contributed by atoms with van der Waals surface area (Å²) >= 11 is 0. The van der Waals surface area contributed by atoms with Crippen LogP contribution in [0.2, 0.25) is 0 Å². The number of hydrogen-bond donors (Lipinski definition) is 2. The predicted molar refractivity (Wildman–Crippen MR) is 118 cm³/mol. The summed E-state index contributed by atoms with van der Waals surface area (Å²) in [6.07, 6.45) is -2.09. The highest BCUT2D eigenvalue weighted by Gasteiger charge is 2.48. The zero-order valence-corrected chi connectivity index (χ0v) is 19.7. The summed E-state index contributed by atoms with van der Waals surface area (Å²) in [7, 11) is -4.11. The summed E-state index contributed by atoms with van der Waals surface area (Å²) in [5.41, 5.74) is -1.56.